The van der Waals surface area contributed by atoms with Gasteiger partial charge in [0.05, 0.1) is 16.1 Å². The number of hydrogen-bond acceptors (Lipinski definition) is 5. The van der Waals surface area contributed by atoms with E-state index in [4.69, 9.17) is 4.42 Å². The summed E-state index contributed by atoms with van der Waals surface area (Å²) in [6, 6.07) is 12.8. The molecule has 1 aromatic carbocycles. The Morgan fingerprint density at radius 3 is 2.57 bits per heavy atom. The van der Waals surface area contributed by atoms with Crippen molar-refractivity contribution in [3.05, 3.63) is 64.9 Å². The molecule has 0 radical (unpaired) electrons. The summed E-state index contributed by atoms with van der Waals surface area (Å²) < 4.78 is 5.07. The molecule has 1 saturated heterocycles. The van der Waals surface area contributed by atoms with Crippen LogP contribution >= 0.6 is 11.3 Å². The SMILES string of the molecule is Cc1cc(N2CCCC2)ccc1NC(=O)c1ccc(NC(=O)c2ccco2)s1. The fourth-order valence-electron chi connectivity index (χ4n) is 3.25. The van der Waals surface area contributed by atoms with Crippen molar-refractivity contribution in [1.82, 2.24) is 0 Å². The Balaban J connectivity index is 1.41. The molecular weight excluding hydrogens is 374 g/mol. The van der Waals surface area contributed by atoms with Gasteiger partial charge in [0.1, 0.15) is 0 Å². The summed E-state index contributed by atoms with van der Waals surface area (Å²) in [6.07, 6.45) is 3.91. The normalized spacial score (nSPS) is 13.5. The zero-order valence-corrected chi connectivity index (χ0v) is 16.3. The smallest absolute Gasteiger partial charge is 0.291 e. The van der Waals surface area contributed by atoms with Crippen LogP contribution in [-0.2, 0) is 0 Å². The van der Waals surface area contributed by atoms with Crippen molar-refractivity contribution in [2.24, 2.45) is 0 Å². The average molecular weight is 395 g/mol. The van der Waals surface area contributed by atoms with Crippen molar-refractivity contribution in [3.8, 4) is 0 Å². The molecule has 2 N–H and O–H groups in total. The number of carbonyl (C=O) groups excluding carboxylic acids is 2. The van der Waals surface area contributed by atoms with Crippen LogP contribution in [0.4, 0.5) is 16.4 Å². The van der Waals surface area contributed by atoms with Gasteiger partial charge in [-0.1, -0.05) is 0 Å². The van der Waals surface area contributed by atoms with E-state index in [0.29, 0.717) is 9.88 Å². The van der Waals surface area contributed by atoms with Crippen LogP contribution in [-0.4, -0.2) is 24.9 Å². The van der Waals surface area contributed by atoms with Gasteiger partial charge >= 0.3 is 0 Å². The first-order chi connectivity index (χ1) is 13.6. The van der Waals surface area contributed by atoms with Crippen molar-refractivity contribution in [2.75, 3.05) is 28.6 Å². The van der Waals surface area contributed by atoms with E-state index in [-0.39, 0.29) is 17.6 Å². The number of amides is 2. The Labute approximate surface area is 167 Å². The predicted molar refractivity (Wildman–Crippen MR) is 112 cm³/mol. The zero-order chi connectivity index (χ0) is 19.5. The molecule has 2 amide bonds. The van der Waals surface area contributed by atoms with Gasteiger partial charge in [0.2, 0.25) is 0 Å². The maximum atomic E-state index is 12.6. The lowest BCUT2D eigenvalue weighted by atomic mass is 10.1. The highest BCUT2D eigenvalue weighted by Crippen LogP contribution is 2.27. The van der Waals surface area contributed by atoms with Crippen LogP contribution in [0.2, 0.25) is 0 Å². The molecule has 7 heteroatoms. The van der Waals surface area contributed by atoms with Crippen LogP contribution in [0.5, 0.6) is 0 Å². The molecular formula is C21H21N3O3S. The molecule has 3 heterocycles. The first-order valence-corrected chi connectivity index (χ1v) is 10.0. The molecule has 2 aromatic heterocycles. The second kappa shape index (κ2) is 7.90. The van der Waals surface area contributed by atoms with E-state index in [1.807, 2.05) is 13.0 Å². The summed E-state index contributed by atoms with van der Waals surface area (Å²) >= 11 is 1.22. The predicted octanol–water partition coefficient (Wildman–Crippen LogP) is 4.75. The quantitative estimate of drug-likeness (QED) is 0.653. The van der Waals surface area contributed by atoms with Gasteiger partial charge in [-0.15, -0.1) is 11.3 Å². The molecule has 144 valence electrons. The van der Waals surface area contributed by atoms with E-state index >= 15 is 0 Å². The summed E-state index contributed by atoms with van der Waals surface area (Å²) in [4.78, 5) is 27.5. The number of rotatable bonds is 5. The third-order valence-electron chi connectivity index (χ3n) is 4.74. The van der Waals surface area contributed by atoms with Crippen molar-refractivity contribution in [2.45, 2.75) is 19.8 Å². The lowest BCUT2D eigenvalue weighted by Crippen LogP contribution is -2.18. The van der Waals surface area contributed by atoms with Gasteiger partial charge in [-0.2, -0.15) is 0 Å². The fraction of sp³-hybridized carbons (Fsp3) is 0.238. The molecule has 1 aliphatic heterocycles. The molecule has 6 nitrogen and oxygen atoms in total. The molecule has 1 aliphatic rings. The third-order valence-corrected chi connectivity index (χ3v) is 5.74. The van der Waals surface area contributed by atoms with Gasteiger partial charge in [0, 0.05) is 24.5 Å². The summed E-state index contributed by atoms with van der Waals surface area (Å²) in [7, 11) is 0. The van der Waals surface area contributed by atoms with Gasteiger partial charge in [-0.05, 0) is 67.8 Å². The number of carbonyl (C=O) groups is 2. The number of thiophene rings is 1. The highest BCUT2D eigenvalue weighted by molar-refractivity contribution is 7.18. The van der Waals surface area contributed by atoms with E-state index in [9.17, 15) is 9.59 Å². The Morgan fingerprint density at radius 2 is 1.86 bits per heavy atom. The van der Waals surface area contributed by atoms with Gasteiger partial charge in [-0.25, -0.2) is 0 Å². The zero-order valence-electron chi connectivity index (χ0n) is 15.5. The Bertz CT molecular complexity index is 988. The lowest BCUT2D eigenvalue weighted by molar-refractivity contribution is 0.0995. The lowest BCUT2D eigenvalue weighted by Gasteiger charge is -2.19. The minimum absolute atomic E-state index is 0.194. The van der Waals surface area contributed by atoms with Crippen molar-refractivity contribution >= 4 is 39.5 Å². The second-order valence-corrected chi connectivity index (χ2v) is 7.83. The molecule has 0 spiro atoms. The van der Waals surface area contributed by atoms with Crippen molar-refractivity contribution < 1.29 is 14.0 Å². The molecule has 0 unspecified atom stereocenters. The van der Waals surface area contributed by atoms with Crippen LogP contribution < -0.4 is 15.5 Å². The highest BCUT2D eigenvalue weighted by Gasteiger charge is 2.16. The van der Waals surface area contributed by atoms with Gasteiger partial charge in [0.15, 0.2) is 5.76 Å². The Hall–Kier alpha value is -3.06. The summed E-state index contributed by atoms with van der Waals surface area (Å²) in [6.45, 7) is 4.18. The largest absolute Gasteiger partial charge is 0.459 e. The first-order valence-electron chi connectivity index (χ1n) is 9.22. The van der Waals surface area contributed by atoms with E-state index in [2.05, 4.69) is 27.7 Å². The van der Waals surface area contributed by atoms with Gasteiger partial charge < -0.3 is 20.0 Å². The molecule has 0 aliphatic carbocycles. The van der Waals surface area contributed by atoms with Crippen molar-refractivity contribution in [1.29, 1.82) is 0 Å². The molecule has 0 saturated carbocycles. The number of nitrogens with zero attached hydrogens (tertiary/aromatic N) is 1. The Kier molecular flexibility index (Phi) is 5.16. The summed E-state index contributed by atoms with van der Waals surface area (Å²) in [5.41, 5.74) is 3.02. The van der Waals surface area contributed by atoms with Gasteiger partial charge in [0.25, 0.3) is 11.8 Å². The Morgan fingerprint density at radius 1 is 1.04 bits per heavy atom. The molecule has 28 heavy (non-hydrogen) atoms. The van der Waals surface area contributed by atoms with Crippen LogP contribution in [0.3, 0.4) is 0 Å². The standard InChI is InChI=1S/C21H21N3O3S/c1-14-13-15(24-10-2-3-11-24)6-7-16(14)22-21(26)18-8-9-19(28-18)23-20(25)17-5-4-12-27-17/h4-9,12-13H,2-3,10-11H2,1H3,(H,22,26)(H,23,25). The minimum Gasteiger partial charge on any atom is -0.459 e. The van der Waals surface area contributed by atoms with Crippen LogP contribution in [0.25, 0.3) is 0 Å². The second-order valence-electron chi connectivity index (χ2n) is 6.74. The summed E-state index contributed by atoms with van der Waals surface area (Å²) in [5, 5.41) is 6.28. The molecule has 0 bridgehead atoms. The van der Waals surface area contributed by atoms with Crippen LogP contribution in [0.1, 0.15) is 38.6 Å². The average Bonchev–Trinajstić information content (AvgIpc) is 3.45. The fourth-order valence-corrected chi connectivity index (χ4v) is 4.05. The molecule has 1 fully saturated rings. The number of furan rings is 1. The van der Waals surface area contributed by atoms with Crippen LogP contribution in [0.15, 0.2) is 53.1 Å². The summed E-state index contributed by atoms with van der Waals surface area (Å²) in [5.74, 6) is -0.305. The molecule has 3 aromatic rings. The topological polar surface area (TPSA) is 74.6 Å². The number of nitrogens with one attached hydrogen (secondary N) is 2. The van der Waals surface area contributed by atoms with E-state index in [0.717, 1.165) is 24.3 Å². The maximum Gasteiger partial charge on any atom is 0.291 e. The number of benzene rings is 1. The van der Waals surface area contributed by atoms with Crippen LogP contribution in [0, 0.1) is 6.92 Å². The number of hydrogen-bond donors (Lipinski definition) is 2. The number of anilines is 3. The molecule has 4 rings (SSSR count). The molecule has 0 atom stereocenters. The maximum absolute atomic E-state index is 12.6. The van der Waals surface area contributed by atoms with E-state index in [1.165, 1.54) is 36.1 Å². The highest BCUT2D eigenvalue weighted by atomic mass is 32.1. The van der Waals surface area contributed by atoms with E-state index < -0.39 is 0 Å². The minimum atomic E-state index is -0.341. The monoisotopic (exact) mass is 395 g/mol. The van der Waals surface area contributed by atoms with E-state index in [1.54, 1.807) is 24.3 Å². The van der Waals surface area contributed by atoms with Gasteiger partial charge in [-0.3, -0.25) is 9.59 Å². The number of aryl methyl sites for hydroxylation is 1. The third kappa shape index (κ3) is 3.94. The van der Waals surface area contributed by atoms with Crippen molar-refractivity contribution in [3.63, 3.8) is 0 Å². The first kappa shape index (κ1) is 18.3.